The van der Waals surface area contributed by atoms with Crippen LogP contribution in [0.25, 0.3) is 0 Å². The Kier molecular flexibility index (Phi) is 6.02. The van der Waals surface area contributed by atoms with Gasteiger partial charge in [0.15, 0.2) is 0 Å². The van der Waals surface area contributed by atoms with E-state index in [-0.39, 0.29) is 31.4 Å². The molecule has 2 saturated carbocycles. The Hall–Kier alpha value is -0.160. The molecule has 1 aromatic rings. The van der Waals surface area contributed by atoms with Crippen LogP contribution in [-0.2, 0) is 0 Å². The molecule has 3 atom stereocenters. The van der Waals surface area contributed by atoms with Gasteiger partial charge in [0.2, 0.25) is 5.82 Å². The van der Waals surface area contributed by atoms with E-state index in [1.807, 2.05) is 0 Å². The van der Waals surface area contributed by atoms with E-state index < -0.39 is 0 Å². The number of nitrogens with zero attached hydrogens (tertiary/aromatic N) is 2. The highest BCUT2D eigenvalue weighted by molar-refractivity contribution is 5.35. The van der Waals surface area contributed by atoms with Crippen molar-refractivity contribution in [2.45, 2.75) is 45.4 Å². The second kappa shape index (κ2) is 6.73. The molecule has 3 heteroatoms. The third kappa shape index (κ3) is 3.53. The van der Waals surface area contributed by atoms with E-state index in [4.69, 9.17) is 0 Å². The Labute approximate surface area is 141 Å². The number of rotatable bonds is 2. The summed E-state index contributed by atoms with van der Waals surface area (Å²) in [4.78, 5) is 4.68. The molecule has 0 aliphatic heterocycles. The molecule has 0 amide bonds. The smallest absolute Gasteiger partial charge is 0.226 e. The highest BCUT2D eigenvalue weighted by atomic mass is 127. The maximum atomic E-state index is 4.68. The summed E-state index contributed by atoms with van der Waals surface area (Å²) in [5.74, 6) is 3.90. The molecule has 2 fully saturated rings. The number of pyridine rings is 1. The summed E-state index contributed by atoms with van der Waals surface area (Å²) < 4.78 is 0.803. The summed E-state index contributed by atoms with van der Waals surface area (Å²) in [5, 5.41) is 0. The number of aromatic nitrogens is 1. The summed E-state index contributed by atoms with van der Waals surface area (Å²) in [5.41, 5.74) is 1.49. The van der Waals surface area contributed by atoms with Gasteiger partial charge >= 0.3 is 0 Å². The van der Waals surface area contributed by atoms with E-state index in [9.17, 15) is 0 Å². The highest BCUT2D eigenvalue weighted by Gasteiger charge is 2.37. The summed E-state index contributed by atoms with van der Waals surface area (Å²) in [6.07, 6.45) is 9.40. The zero-order valence-corrected chi connectivity index (χ0v) is 14.4. The fraction of sp³-hybridized carbons (Fsp3) is 0.706. The van der Waals surface area contributed by atoms with Crippen molar-refractivity contribution >= 4 is 5.82 Å². The Bertz CT molecular complexity index is 422. The Morgan fingerprint density at radius 2 is 1.85 bits per heavy atom. The van der Waals surface area contributed by atoms with E-state index in [2.05, 4.69) is 44.5 Å². The lowest BCUT2D eigenvalue weighted by Crippen LogP contribution is -3.00. The second-order valence-corrected chi connectivity index (χ2v) is 7.10. The van der Waals surface area contributed by atoms with Gasteiger partial charge in [-0.15, -0.1) is 0 Å². The fourth-order valence-electron chi connectivity index (χ4n) is 3.89. The lowest BCUT2D eigenvalue weighted by atomic mass is 9.85. The quantitative estimate of drug-likeness (QED) is 0.549. The molecular weight excluding hydrogens is 359 g/mol. The van der Waals surface area contributed by atoms with Gasteiger partial charge in [-0.1, -0.05) is 20.3 Å². The molecule has 114 valence electrons. The monoisotopic (exact) mass is 388 g/mol. The topological polar surface area (TPSA) is 12.9 Å². The van der Waals surface area contributed by atoms with Crippen LogP contribution in [0.4, 0.5) is 5.82 Å². The van der Waals surface area contributed by atoms with Gasteiger partial charge in [0.05, 0.1) is 21.1 Å². The summed E-state index contributed by atoms with van der Waals surface area (Å²) in [7, 11) is 6.51. The molecule has 0 N–H and O–H groups in total. The first kappa shape index (κ1) is 17.9. The predicted octanol–water partition coefficient (Wildman–Crippen LogP) is 1.21. The molecule has 0 spiro atoms. The minimum Gasteiger partial charge on any atom is -1.00 e. The maximum Gasteiger partial charge on any atom is 0.226 e. The van der Waals surface area contributed by atoms with Crippen molar-refractivity contribution in [3.05, 3.63) is 23.9 Å². The van der Waals surface area contributed by atoms with Crippen LogP contribution in [0, 0.1) is 11.8 Å². The first-order valence-corrected chi connectivity index (χ1v) is 7.32. The maximum absolute atomic E-state index is 4.68. The van der Waals surface area contributed by atoms with Gasteiger partial charge in [-0.2, -0.15) is 0 Å². The van der Waals surface area contributed by atoms with Crippen molar-refractivity contribution in [3.8, 4) is 0 Å². The van der Waals surface area contributed by atoms with Gasteiger partial charge in [-0.25, -0.2) is 4.98 Å². The van der Waals surface area contributed by atoms with Crippen LogP contribution < -0.4 is 28.5 Å². The molecule has 0 aromatic carbocycles. The van der Waals surface area contributed by atoms with Crippen molar-refractivity contribution in [3.63, 3.8) is 0 Å². The normalized spacial score (nSPS) is 28.4. The zero-order chi connectivity index (χ0) is 12.8. The SMILES string of the molecule is C.C[N+](C)(C)c1ccc(C2CC3CCCC2C3)cn1.[I-]. The van der Waals surface area contributed by atoms with Crippen molar-refractivity contribution in [2.24, 2.45) is 11.8 Å². The first-order valence-electron chi connectivity index (χ1n) is 7.32. The largest absolute Gasteiger partial charge is 1.00 e. The molecule has 2 bridgehead atoms. The van der Waals surface area contributed by atoms with Crippen LogP contribution >= 0.6 is 0 Å². The van der Waals surface area contributed by atoms with Crippen LogP contribution in [0.15, 0.2) is 18.3 Å². The first-order chi connectivity index (χ1) is 8.54. The highest BCUT2D eigenvalue weighted by Crippen LogP contribution is 2.50. The van der Waals surface area contributed by atoms with Gasteiger partial charge in [0.1, 0.15) is 0 Å². The summed E-state index contributed by atoms with van der Waals surface area (Å²) >= 11 is 0. The van der Waals surface area contributed by atoms with E-state index in [0.717, 1.165) is 28.1 Å². The van der Waals surface area contributed by atoms with Crippen LogP contribution in [0.1, 0.15) is 51.0 Å². The summed E-state index contributed by atoms with van der Waals surface area (Å²) in [6.45, 7) is 0. The standard InChI is InChI=1S/C16H25N2.CH4.HI/c1-18(2,3)16-8-7-14(11-17-16)15-10-12-5-4-6-13(15)9-12;;/h7-8,11-13,15H,4-6,9-10H2,1-3H3;1H4;1H/q+1;;/p-1. The van der Waals surface area contributed by atoms with Crippen molar-refractivity contribution in [1.29, 1.82) is 0 Å². The molecule has 3 unspecified atom stereocenters. The second-order valence-electron chi connectivity index (χ2n) is 7.10. The van der Waals surface area contributed by atoms with Gasteiger partial charge < -0.3 is 24.0 Å². The Balaban J connectivity index is 0.000001000. The molecular formula is C17H29IN2. The number of quaternary nitrogens is 1. The molecule has 3 rings (SSSR count). The van der Waals surface area contributed by atoms with Crippen molar-refractivity contribution in [1.82, 2.24) is 9.47 Å². The fourth-order valence-corrected chi connectivity index (χ4v) is 3.89. The molecule has 2 nitrogen and oxygen atoms in total. The zero-order valence-electron chi connectivity index (χ0n) is 12.3. The molecule has 1 aromatic heterocycles. The minimum absolute atomic E-state index is 0. The van der Waals surface area contributed by atoms with E-state index >= 15 is 0 Å². The third-order valence-corrected chi connectivity index (χ3v) is 4.87. The Morgan fingerprint density at radius 3 is 2.40 bits per heavy atom. The average molecular weight is 388 g/mol. The molecule has 2 aliphatic rings. The number of halogens is 1. The lowest BCUT2D eigenvalue weighted by molar-refractivity contribution is -0.00000451. The lowest BCUT2D eigenvalue weighted by Gasteiger charge is -2.23. The predicted molar refractivity (Wildman–Crippen MR) is 83.3 cm³/mol. The molecule has 0 saturated heterocycles. The summed E-state index contributed by atoms with van der Waals surface area (Å²) in [6, 6.07) is 4.55. The molecule has 0 radical (unpaired) electrons. The molecule has 20 heavy (non-hydrogen) atoms. The molecule has 2 aliphatic carbocycles. The van der Waals surface area contributed by atoms with E-state index in [1.165, 1.54) is 37.7 Å². The van der Waals surface area contributed by atoms with Gasteiger partial charge in [-0.3, -0.25) is 4.48 Å². The Morgan fingerprint density at radius 1 is 1.10 bits per heavy atom. The minimum atomic E-state index is 0. The van der Waals surface area contributed by atoms with E-state index in [0.29, 0.717) is 0 Å². The van der Waals surface area contributed by atoms with Gasteiger partial charge in [-0.05, 0) is 48.6 Å². The van der Waals surface area contributed by atoms with Crippen molar-refractivity contribution < 1.29 is 24.0 Å². The third-order valence-electron chi connectivity index (χ3n) is 4.87. The van der Waals surface area contributed by atoms with Crippen LogP contribution in [0.5, 0.6) is 0 Å². The van der Waals surface area contributed by atoms with Crippen LogP contribution in [0.2, 0.25) is 0 Å². The molecule has 1 heterocycles. The number of hydrogen-bond acceptors (Lipinski definition) is 1. The van der Waals surface area contributed by atoms with Crippen LogP contribution in [-0.4, -0.2) is 26.1 Å². The average Bonchev–Trinajstić information content (AvgIpc) is 2.63. The van der Waals surface area contributed by atoms with Crippen LogP contribution in [0.3, 0.4) is 0 Å². The number of fused-ring (bicyclic) bond motifs is 2. The van der Waals surface area contributed by atoms with Gasteiger partial charge in [0, 0.05) is 12.3 Å². The van der Waals surface area contributed by atoms with E-state index in [1.54, 1.807) is 0 Å². The van der Waals surface area contributed by atoms with Gasteiger partial charge in [0.25, 0.3) is 0 Å². The van der Waals surface area contributed by atoms with Crippen molar-refractivity contribution in [2.75, 3.05) is 21.1 Å². The number of hydrogen-bond donors (Lipinski definition) is 0.